The third-order valence-electron chi connectivity index (χ3n) is 4.56. The lowest BCUT2D eigenvalue weighted by Crippen LogP contribution is -2.12. The summed E-state index contributed by atoms with van der Waals surface area (Å²) < 4.78 is 18.0. The standard InChI is InChI=1S/C23H19Cl2N3O4/c1-30-17-4-6-18(7-5-17)31-14-19-8-9-21(32-19)23(29)26-22-10-11-28(27-22)13-15-2-3-16(24)12-20(15)25/h2-12H,13-14H2,1H3,(H,26,27,29). The van der Waals surface area contributed by atoms with Gasteiger partial charge in [0.25, 0.3) is 5.91 Å². The Hall–Kier alpha value is -3.42. The van der Waals surface area contributed by atoms with Crippen molar-refractivity contribution in [1.82, 2.24) is 9.78 Å². The third kappa shape index (κ3) is 5.43. The van der Waals surface area contributed by atoms with Crippen LogP contribution in [0, 0.1) is 0 Å². The highest BCUT2D eigenvalue weighted by atomic mass is 35.5. The summed E-state index contributed by atoms with van der Waals surface area (Å²) in [7, 11) is 1.60. The van der Waals surface area contributed by atoms with E-state index in [9.17, 15) is 4.79 Å². The lowest BCUT2D eigenvalue weighted by atomic mass is 10.2. The fraction of sp³-hybridized carbons (Fsp3) is 0.130. The van der Waals surface area contributed by atoms with Crippen molar-refractivity contribution in [2.45, 2.75) is 13.2 Å². The van der Waals surface area contributed by atoms with Crippen LogP contribution in [0.1, 0.15) is 21.9 Å². The zero-order valence-corrected chi connectivity index (χ0v) is 18.6. The Balaban J connectivity index is 1.33. The number of benzene rings is 2. The molecule has 32 heavy (non-hydrogen) atoms. The van der Waals surface area contributed by atoms with Gasteiger partial charge in [-0.25, -0.2) is 0 Å². The monoisotopic (exact) mass is 471 g/mol. The van der Waals surface area contributed by atoms with Crippen molar-refractivity contribution in [3.05, 3.63) is 94.0 Å². The SMILES string of the molecule is COc1ccc(OCc2ccc(C(=O)Nc3ccn(Cc4ccc(Cl)cc4Cl)n3)o2)cc1. The van der Waals surface area contributed by atoms with E-state index in [0.717, 1.165) is 11.3 Å². The Morgan fingerprint density at radius 1 is 1.06 bits per heavy atom. The van der Waals surface area contributed by atoms with Crippen LogP contribution in [0.2, 0.25) is 10.0 Å². The highest BCUT2D eigenvalue weighted by Gasteiger charge is 2.14. The lowest BCUT2D eigenvalue weighted by molar-refractivity contribution is 0.0992. The number of rotatable bonds is 8. The average molecular weight is 472 g/mol. The molecular weight excluding hydrogens is 453 g/mol. The van der Waals surface area contributed by atoms with Crippen LogP contribution >= 0.6 is 23.2 Å². The number of furan rings is 1. The first-order valence-electron chi connectivity index (χ1n) is 9.64. The van der Waals surface area contributed by atoms with Crippen molar-refractivity contribution in [1.29, 1.82) is 0 Å². The molecule has 0 unspecified atom stereocenters. The van der Waals surface area contributed by atoms with Crippen LogP contribution in [-0.2, 0) is 13.2 Å². The van der Waals surface area contributed by atoms with E-state index in [0.29, 0.717) is 33.9 Å². The van der Waals surface area contributed by atoms with Gasteiger partial charge in [-0.05, 0) is 54.1 Å². The van der Waals surface area contributed by atoms with Crippen LogP contribution in [0.25, 0.3) is 0 Å². The Bertz CT molecular complexity index is 1220. The van der Waals surface area contributed by atoms with Crippen molar-refractivity contribution in [2.75, 3.05) is 12.4 Å². The first kappa shape index (κ1) is 21.8. The number of nitrogens with zero attached hydrogens (tertiary/aromatic N) is 2. The molecular formula is C23H19Cl2N3O4. The first-order chi connectivity index (χ1) is 15.5. The number of aromatic nitrogens is 2. The molecule has 0 saturated heterocycles. The van der Waals surface area contributed by atoms with E-state index in [1.807, 2.05) is 6.07 Å². The average Bonchev–Trinajstić information content (AvgIpc) is 3.44. The highest BCUT2D eigenvalue weighted by molar-refractivity contribution is 6.35. The van der Waals surface area contributed by atoms with Crippen LogP contribution in [0.4, 0.5) is 5.82 Å². The second kappa shape index (κ2) is 9.80. The number of hydrogen-bond donors (Lipinski definition) is 1. The van der Waals surface area contributed by atoms with Gasteiger partial charge in [-0.3, -0.25) is 9.48 Å². The van der Waals surface area contributed by atoms with Crippen molar-refractivity contribution in [2.24, 2.45) is 0 Å². The Kier molecular flexibility index (Phi) is 6.68. The summed E-state index contributed by atoms with van der Waals surface area (Å²) in [5.74, 6) is 2.08. The molecule has 164 valence electrons. The van der Waals surface area contributed by atoms with Crippen LogP contribution in [0.3, 0.4) is 0 Å². The van der Waals surface area contributed by atoms with Gasteiger partial charge < -0.3 is 19.2 Å². The summed E-state index contributed by atoms with van der Waals surface area (Å²) in [4.78, 5) is 12.5. The molecule has 7 nitrogen and oxygen atoms in total. The molecule has 0 atom stereocenters. The molecule has 1 amide bonds. The molecule has 2 aromatic heterocycles. The second-order valence-electron chi connectivity index (χ2n) is 6.82. The minimum absolute atomic E-state index is 0.161. The van der Waals surface area contributed by atoms with Gasteiger partial charge in [0, 0.05) is 22.3 Å². The molecule has 0 bridgehead atoms. The number of methoxy groups -OCH3 is 1. The van der Waals surface area contributed by atoms with E-state index in [2.05, 4.69) is 10.4 Å². The normalized spacial score (nSPS) is 10.7. The van der Waals surface area contributed by atoms with E-state index in [1.54, 1.807) is 72.6 Å². The quantitative estimate of drug-likeness (QED) is 0.358. The van der Waals surface area contributed by atoms with E-state index < -0.39 is 5.91 Å². The number of halogens is 2. The van der Waals surface area contributed by atoms with Crippen molar-refractivity contribution < 1.29 is 18.7 Å². The molecule has 0 radical (unpaired) electrons. The van der Waals surface area contributed by atoms with Gasteiger partial charge in [-0.2, -0.15) is 5.10 Å². The molecule has 2 heterocycles. The smallest absolute Gasteiger partial charge is 0.292 e. The van der Waals surface area contributed by atoms with E-state index in [4.69, 9.17) is 37.1 Å². The second-order valence-corrected chi connectivity index (χ2v) is 7.66. The molecule has 0 fully saturated rings. The molecule has 1 N–H and O–H groups in total. The molecule has 2 aromatic carbocycles. The predicted octanol–water partition coefficient (Wildman–Crippen LogP) is 5.67. The lowest BCUT2D eigenvalue weighted by Gasteiger charge is -2.05. The van der Waals surface area contributed by atoms with E-state index in [1.165, 1.54) is 0 Å². The molecule has 0 aliphatic rings. The van der Waals surface area contributed by atoms with E-state index >= 15 is 0 Å². The maximum atomic E-state index is 12.5. The van der Waals surface area contributed by atoms with Crippen LogP contribution in [0.5, 0.6) is 11.5 Å². The number of nitrogens with one attached hydrogen (secondary N) is 1. The largest absolute Gasteiger partial charge is 0.497 e. The number of hydrogen-bond acceptors (Lipinski definition) is 5. The van der Waals surface area contributed by atoms with Crippen LogP contribution < -0.4 is 14.8 Å². The van der Waals surface area contributed by atoms with Gasteiger partial charge in [-0.15, -0.1) is 0 Å². The molecule has 0 saturated carbocycles. The fourth-order valence-electron chi connectivity index (χ4n) is 2.92. The van der Waals surface area contributed by atoms with Gasteiger partial charge in [0.05, 0.1) is 13.7 Å². The molecule has 4 aromatic rings. The zero-order valence-electron chi connectivity index (χ0n) is 17.0. The summed E-state index contributed by atoms with van der Waals surface area (Å²) in [6.45, 7) is 0.634. The van der Waals surface area contributed by atoms with Gasteiger partial charge in [0.1, 0.15) is 23.9 Å². The maximum Gasteiger partial charge on any atom is 0.292 e. The molecule has 4 rings (SSSR count). The summed E-state index contributed by atoms with van der Waals surface area (Å²) in [5.41, 5.74) is 0.865. The Morgan fingerprint density at radius 2 is 1.84 bits per heavy atom. The van der Waals surface area contributed by atoms with Gasteiger partial charge in [0.15, 0.2) is 11.6 Å². The maximum absolute atomic E-state index is 12.5. The van der Waals surface area contributed by atoms with Crippen molar-refractivity contribution >= 4 is 34.9 Å². The van der Waals surface area contributed by atoms with Crippen LogP contribution in [0.15, 0.2) is 71.3 Å². The molecule has 9 heteroatoms. The highest BCUT2D eigenvalue weighted by Crippen LogP contribution is 2.22. The Labute approximate surface area is 194 Å². The summed E-state index contributed by atoms with van der Waals surface area (Å²) >= 11 is 12.1. The summed E-state index contributed by atoms with van der Waals surface area (Å²) in [6.07, 6.45) is 1.75. The zero-order chi connectivity index (χ0) is 22.5. The summed E-state index contributed by atoms with van der Waals surface area (Å²) in [6, 6.07) is 17.4. The van der Waals surface area contributed by atoms with E-state index in [-0.39, 0.29) is 12.4 Å². The minimum Gasteiger partial charge on any atom is -0.497 e. The number of carbonyl (C=O) groups is 1. The first-order valence-corrected chi connectivity index (χ1v) is 10.4. The van der Waals surface area contributed by atoms with Crippen molar-refractivity contribution in [3.8, 4) is 11.5 Å². The minimum atomic E-state index is -0.407. The number of carbonyl (C=O) groups excluding carboxylic acids is 1. The van der Waals surface area contributed by atoms with Crippen LogP contribution in [-0.4, -0.2) is 22.8 Å². The topological polar surface area (TPSA) is 78.5 Å². The number of anilines is 1. The fourth-order valence-corrected chi connectivity index (χ4v) is 3.39. The van der Waals surface area contributed by atoms with Gasteiger partial charge in [-0.1, -0.05) is 29.3 Å². The van der Waals surface area contributed by atoms with Gasteiger partial charge in [0.2, 0.25) is 0 Å². The Morgan fingerprint density at radius 3 is 2.59 bits per heavy atom. The number of ether oxygens (including phenoxy) is 2. The molecule has 0 aliphatic carbocycles. The molecule has 0 aliphatic heterocycles. The summed E-state index contributed by atoms with van der Waals surface area (Å²) in [5, 5.41) is 8.19. The van der Waals surface area contributed by atoms with Crippen molar-refractivity contribution in [3.63, 3.8) is 0 Å². The predicted molar refractivity (Wildman–Crippen MR) is 122 cm³/mol. The third-order valence-corrected chi connectivity index (χ3v) is 5.14. The van der Waals surface area contributed by atoms with Gasteiger partial charge >= 0.3 is 0 Å². The molecule has 0 spiro atoms. The number of amides is 1.